The maximum atomic E-state index is 17.0. The molecule has 1 aliphatic heterocycles. The second kappa shape index (κ2) is 10.5. The largest absolute Gasteiger partial charge is 0.447 e. The number of hydrogen-bond donors (Lipinski definition) is 1. The van der Waals surface area contributed by atoms with Crippen molar-refractivity contribution in [1.82, 2.24) is 10.2 Å². The Balaban J connectivity index is 2.14. The molecule has 1 saturated heterocycles. The first-order valence-electron chi connectivity index (χ1n) is 12.5. The number of amides is 3. The molecule has 0 saturated carbocycles. The molecule has 3 rings (SSSR count). The van der Waals surface area contributed by atoms with E-state index in [1.54, 1.807) is 24.3 Å². The molecule has 3 amide bonds. The number of rotatable bonds is 9. The fourth-order valence-electron chi connectivity index (χ4n) is 4.72. The lowest BCUT2D eigenvalue weighted by Gasteiger charge is -2.37. The zero-order chi connectivity index (χ0) is 27.6. The molecule has 9 heteroatoms. The number of nitrogens with zero attached hydrogens (tertiary/aromatic N) is 1. The van der Waals surface area contributed by atoms with Crippen molar-refractivity contribution in [3.63, 3.8) is 0 Å². The van der Waals surface area contributed by atoms with Crippen LogP contribution in [0.4, 0.5) is 14.0 Å². The quantitative estimate of drug-likeness (QED) is 0.435. The van der Waals surface area contributed by atoms with Crippen molar-refractivity contribution in [1.29, 1.82) is 0 Å². The zero-order valence-corrected chi connectivity index (χ0v) is 22.2. The van der Waals surface area contributed by atoms with Gasteiger partial charge in [0.15, 0.2) is 5.78 Å². The summed E-state index contributed by atoms with van der Waals surface area (Å²) in [6, 6.07) is 10.4. The van der Waals surface area contributed by atoms with Crippen LogP contribution in [-0.4, -0.2) is 52.2 Å². The number of ether oxygens (including phenoxy) is 2. The van der Waals surface area contributed by atoms with Gasteiger partial charge < -0.3 is 14.8 Å². The number of imide groups is 1. The van der Waals surface area contributed by atoms with Crippen molar-refractivity contribution in [3.05, 3.63) is 48.0 Å². The number of cyclic esters (lactones) is 1. The highest BCUT2D eigenvalue weighted by Gasteiger charge is 2.60. The molecular weight excluding hydrogens is 479 g/mol. The van der Waals surface area contributed by atoms with Crippen LogP contribution >= 0.6 is 0 Å². The van der Waals surface area contributed by atoms with Crippen LogP contribution in [0.15, 0.2) is 42.5 Å². The minimum Gasteiger partial charge on any atom is -0.447 e. The molecule has 0 unspecified atom stereocenters. The molecule has 200 valence electrons. The normalized spacial score (nSPS) is 17.6. The van der Waals surface area contributed by atoms with Crippen LogP contribution in [0.1, 0.15) is 72.4 Å². The van der Waals surface area contributed by atoms with E-state index < -0.39 is 46.7 Å². The maximum absolute atomic E-state index is 17.0. The second-order valence-electron chi connectivity index (χ2n) is 10.1. The highest BCUT2D eigenvalue weighted by molar-refractivity contribution is 6.14. The molecule has 1 aliphatic rings. The Kier molecular flexibility index (Phi) is 7.95. The first-order chi connectivity index (χ1) is 17.3. The third-order valence-electron chi connectivity index (χ3n) is 7.37. The Morgan fingerprint density at radius 3 is 2.19 bits per heavy atom. The van der Waals surface area contributed by atoms with Gasteiger partial charge in [0.25, 0.3) is 11.6 Å². The van der Waals surface area contributed by atoms with Crippen LogP contribution < -0.4 is 5.32 Å². The number of alkyl halides is 1. The van der Waals surface area contributed by atoms with Gasteiger partial charge in [-0.1, -0.05) is 57.2 Å². The molecule has 0 aliphatic carbocycles. The van der Waals surface area contributed by atoms with Crippen molar-refractivity contribution in [2.45, 2.75) is 83.7 Å². The van der Waals surface area contributed by atoms with E-state index in [2.05, 4.69) is 5.32 Å². The summed E-state index contributed by atoms with van der Waals surface area (Å²) in [6.45, 7) is 9.44. The second-order valence-corrected chi connectivity index (χ2v) is 10.1. The summed E-state index contributed by atoms with van der Waals surface area (Å²) in [7, 11) is 0. The summed E-state index contributed by atoms with van der Waals surface area (Å²) in [4.78, 5) is 52.8. The van der Waals surface area contributed by atoms with Crippen LogP contribution in [0.25, 0.3) is 10.8 Å². The molecule has 0 aromatic heterocycles. The highest BCUT2D eigenvalue weighted by Crippen LogP contribution is 2.38. The molecule has 37 heavy (non-hydrogen) atoms. The third-order valence-corrected chi connectivity index (χ3v) is 7.37. The van der Waals surface area contributed by atoms with Gasteiger partial charge in [-0.15, -0.1) is 0 Å². The molecule has 0 radical (unpaired) electrons. The summed E-state index contributed by atoms with van der Waals surface area (Å²) < 4.78 is 27.8. The summed E-state index contributed by atoms with van der Waals surface area (Å²) >= 11 is 0. The van der Waals surface area contributed by atoms with E-state index in [0.29, 0.717) is 29.5 Å². The molecule has 8 nitrogen and oxygen atoms in total. The topological polar surface area (TPSA) is 102 Å². The van der Waals surface area contributed by atoms with Crippen molar-refractivity contribution in [3.8, 4) is 0 Å². The van der Waals surface area contributed by atoms with E-state index in [1.807, 2.05) is 32.9 Å². The lowest BCUT2D eigenvalue weighted by Crippen LogP contribution is -2.61. The smallest absolute Gasteiger partial charge is 0.417 e. The molecule has 2 aromatic carbocycles. The first-order valence-corrected chi connectivity index (χ1v) is 12.5. The van der Waals surface area contributed by atoms with Crippen LogP contribution in [0.3, 0.4) is 0 Å². The third kappa shape index (κ3) is 5.17. The van der Waals surface area contributed by atoms with Crippen LogP contribution in [0, 0.1) is 0 Å². The molecule has 1 heterocycles. The van der Waals surface area contributed by atoms with E-state index in [-0.39, 0.29) is 12.2 Å². The number of nitrogens with one attached hydrogen (secondary N) is 1. The number of hydrogen-bond acceptors (Lipinski definition) is 6. The van der Waals surface area contributed by atoms with Crippen LogP contribution in [0.5, 0.6) is 0 Å². The number of benzene rings is 2. The van der Waals surface area contributed by atoms with Gasteiger partial charge in [-0.2, -0.15) is 0 Å². The first kappa shape index (κ1) is 28.1. The Morgan fingerprint density at radius 2 is 1.68 bits per heavy atom. The molecule has 2 aromatic rings. The number of carbonyl (C=O) groups excluding carboxylic acids is 4. The Hall–Kier alpha value is -3.49. The molecule has 2 atom stereocenters. The number of carbonyl (C=O) groups is 4. The molecule has 0 spiro atoms. The lowest BCUT2D eigenvalue weighted by atomic mass is 9.84. The number of alkyl carbamates (subject to hydrolysis) is 1. The zero-order valence-electron chi connectivity index (χ0n) is 22.2. The van der Waals surface area contributed by atoms with Crippen LogP contribution in [0.2, 0.25) is 0 Å². The summed E-state index contributed by atoms with van der Waals surface area (Å²) in [6.07, 6.45) is -0.459. The average Bonchev–Trinajstić information content (AvgIpc) is 3.16. The summed E-state index contributed by atoms with van der Waals surface area (Å²) in [5.74, 6) is -2.57. The van der Waals surface area contributed by atoms with Crippen molar-refractivity contribution >= 4 is 34.6 Å². The van der Waals surface area contributed by atoms with E-state index in [4.69, 9.17) is 9.47 Å². The van der Waals surface area contributed by atoms with Gasteiger partial charge in [-0.05, 0) is 62.4 Å². The summed E-state index contributed by atoms with van der Waals surface area (Å²) in [5.41, 5.74) is -5.15. The minimum atomic E-state index is -3.32. The fourth-order valence-corrected chi connectivity index (χ4v) is 4.72. The van der Waals surface area contributed by atoms with Gasteiger partial charge in [-0.25, -0.2) is 18.9 Å². The minimum absolute atomic E-state index is 0.159. The van der Waals surface area contributed by atoms with Gasteiger partial charge in [-0.3, -0.25) is 9.59 Å². The molecule has 0 bridgehead atoms. The lowest BCUT2D eigenvalue weighted by molar-refractivity contribution is -0.153. The standard InChI is InChI=1S/C28H35FN2O6/c1-7-27(8-2,9-3)37-24(34)30-22(21-15-14-19-12-10-11-13-20(19)16-21)28(29,18(4)32)23(33)31-25(35)36-17-26(31,5)6/h10-16,22H,7-9,17H2,1-6H3,(H,30,34)/t22-,28+/m1/s1. The van der Waals surface area contributed by atoms with Crippen molar-refractivity contribution < 1.29 is 33.0 Å². The predicted octanol–water partition coefficient (Wildman–Crippen LogP) is 5.63. The fraction of sp³-hybridized carbons (Fsp3) is 0.500. The number of Topliss-reactive ketones (excluding diaryl/α,β-unsaturated/α-hetero) is 1. The van der Waals surface area contributed by atoms with Gasteiger partial charge in [0.1, 0.15) is 18.2 Å². The number of fused-ring (bicyclic) bond motifs is 1. The number of ketones is 1. The van der Waals surface area contributed by atoms with Gasteiger partial charge in [0.2, 0.25) is 0 Å². The van der Waals surface area contributed by atoms with Crippen LogP contribution in [-0.2, 0) is 19.1 Å². The Bertz CT molecular complexity index is 1200. The predicted molar refractivity (Wildman–Crippen MR) is 137 cm³/mol. The Morgan fingerprint density at radius 1 is 1.08 bits per heavy atom. The van der Waals surface area contributed by atoms with E-state index in [9.17, 15) is 19.2 Å². The van der Waals surface area contributed by atoms with E-state index >= 15 is 4.39 Å². The highest BCUT2D eigenvalue weighted by atomic mass is 19.1. The van der Waals surface area contributed by atoms with E-state index in [0.717, 1.165) is 12.3 Å². The monoisotopic (exact) mass is 514 g/mol. The van der Waals surface area contributed by atoms with Gasteiger partial charge in [0.05, 0.1) is 5.54 Å². The average molecular weight is 515 g/mol. The number of halogens is 1. The van der Waals surface area contributed by atoms with Gasteiger partial charge >= 0.3 is 12.2 Å². The van der Waals surface area contributed by atoms with Crippen molar-refractivity contribution in [2.75, 3.05) is 6.61 Å². The molecular formula is C28H35FN2O6. The SMILES string of the molecule is CCC(CC)(CC)OC(=O)N[C@H](c1ccc2ccccc2c1)[C@@](F)(C(C)=O)C(=O)N1C(=O)OCC1(C)C. The summed E-state index contributed by atoms with van der Waals surface area (Å²) in [5, 5.41) is 4.03. The Labute approximate surface area is 216 Å². The molecule has 1 N–H and O–H groups in total. The van der Waals surface area contributed by atoms with Crippen molar-refractivity contribution in [2.24, 2.45) is 0 Å². The molecule has 1 fully saturated rings. The van der Waals surface area contributed by atoms with Gasteiger partial charge in [0, 0.05) is 0 Å². The maximum Gasteiger partial charge on any atom is 0.417 e. The van der Waals surface area contributed by atoms with E-state index in [1.165, 1.54) is 19.9 Å².